The molecule has 6 fully saturated rings. The zero-order valence-electron chi connectivity index (χ0n) is 18.1. The molecule has 4 nitrogen and oxygen atoms in total. The molecule has 172 valence electrons. The van der Waals surface area contributed by atoms with E-state index in [1.54, 1.807) is 0 Å². The Labute approximate surface area is 217 Å². The highest BCUT2D eigenvalue weighted by Gasteiger charge is 2.64. The van der Waals surface area contributed by atoms with Gasteiger partial charge in [-0.05, 0) is 85.9 Å². The highest BCUT2D eigenvalue weighted by atomic mass is 127. The fourth-order valence-electron chi connectivity index (χ4n) is 8.37. The topological polar surface area (TPSA) is 52.6 Å². The molecular formula is C26H30I2O4. The molecule has 10 atom stereocenters. The molecule has 6 heteroatoms. The summed E-state index contributed by atoms with van der Waals surface area (Å²) in [6.07, 6.45) is 19.3. The predicted molar refractivity (Wildman–Crippen MR) is 136 cm³/mol. The van der Waals surface area contributed by atoms with Gasteiger partial charge in [0.25, 0.3) is 0 Å². The van der Waals surface area contributed by atoms with Gasteiger partial charge in [-0.1, -0.05) is 69.5 Å². The summed E-state index contributed by atoms with van der Waals surface area (Å²) in [5.41, 5.74) is 0.926. The van der Waals surface area contributed by atoms with E-state index in [1.165, 1.54) is 25.7 Å². The van der Waals surface area contributed by atoms with E-state index in [0.29, 0.717) is 42.4 Å². The molecule has 8 bridgehead atoms. The second-order valence-electron chi connectivity index (χ2n) is 11.6. The molecule has 2 aliphatic heterocycles. The summed E-state index contributed by atoms with van der Waals surface area (Å²) in [5.74, 6) is 2.92. The van der Waals surface area contributed by atoms with Crippen LogP contribution in [0.15, 0.2) is 24.3 Å². The van der Waals surface area contributed by atoms with E-state index in [4.69, 9.17) is 9.47 Å². The lowest BCUT2D eigenvalue weighted by Crippen LogP contribution is -2.33. The van der Waals surface area contributed by atoms with Crippen molar-refractivity contribution in [3.8, 4) is 0 Å². The molecule has 0 aromatic rings. The average Bonchev–Trinajstić information content (AvgIpc) is 3.51. The van der Waals surface area contributed by atoms with E-state index in [2.05, 4.69) is 69.5 Å². The summed E-state index contributed by atoms with van der Waals surface area (Å²) >= 11 is 5.15. The summed E-state index contributed by atoms with van der Waals surface area (Å²) in [6.45, 7) is 0. The van der Waals surface area contributed by atoms with Crippen LogP contribution in [-0.4, -0.2) is 32.0 Å². The Balaban J connectivity index is 0.000000113. The molecule has 0 aromatic heterocycles. The lowest BCUT2D eigenvalue weighted by atomic mass is 9.72. The lowest BCUT2D eigenvalue weighted by molar-refractivity contribution is -0.146. The monoisotopic (exact) mass is 660 g/mol. The third-order valence-electron chi connectivity index (χ3n) is 10.2. The molecule has 2 saturated heterocycles. The largest absolute Gasteiger partial charge is 0.462 e. The Morgan fingerprint density at radius 1 is 0.625 bits per heavy atom. The first-order valence-corrected chi connectivity index (χ1v) is 15.0. The third kappa shape index (κ3) is 2.95. The Bertz CT molecular complexity index is 845. The Kier molecular flexibility index (Phi) is 4.77. The van der Waals surface area contributed by atoms with Crippen molar-refractivity contribution in [1.82, 2.24) is 0 Å². The van der Waals surface area contributed by atoms with Crippen molar-refractivity contribution in [3.63, 3.8) is 0 Å². The minimum absolute atomic E-state index is 0.0806. The smallest absolute Gasteiger partial charge is 0.309 e. The molecule has 2 spiro atoms. The van der Waals surface area contributed by atoms with E-state index in [9.17, 15) is 9.59 Å². The van der Waals surface area contributed by atoms with E-state index >= 15 is 0 Å². The zero-order valence-corrected chi connectivity index (χ0v) is 22.4. The van der Waals surface area contributed by atoms with Crippen LogP contribution < -0.4 is 0 Å². The number of hydrogen-bond acceptors (Lipinski definition) is 4. The molecule has 4 unspecified atom stereocenters. The van der Waals surface area contributed by atoms with Gasteiger partial charge in [-0.2, -0.15) is 0 Å². The van der Waals surface area contributed by atoms with Crippen LogP contribution >= 0.6 is 45.2 Å². The lowest BCUT2D eigenvalue weighted by Gasteiger charge is -2.32. The number of esters is 2. The van der Waals surface area contributed by atoms with E-state index in [0.717, 1.165) is 25.7 Å². The predicted octanol–water partition coefficient (Wildman–Crippen LogP) is 5.42. The summed E-state index contributed by atoms with van der Waals surface area (Å²) in [4.78, 5) is 23.8. The number of allylic oxidation sites excluding steroid dienone is 4. The van der Waals surface area contributed by atoms with Crippen LogP contribution in [0.5, 0.6) is 0 Å². The van der Waals surface area contributed by atoms with Crippen LogP contribution in [0.1, 0.15) is 51.4 Å². The van der Waals surface area contributed by atoms with Gasteiger partial charge in [-0.25, -0.2) is 0 Å². The maximum Gasteiger partial charge on any atom is 0.309 e. The highest BCUT2D eigenvalue weighted by molar-refractivity contribution is 14.1. The van der Waals surface area contributed by atoms with Gasteiger partial charge in [0.2, 0.25) is 0 Å². The normalized spacial score (nSPS) is 51.3. The van der Waals surface area contributed by atoms with Crippen LogP contribution in [-0.2, 0) is 19.1 Å². The number of alkyl halides is 2. The highest BCUT2D eigenvalue weighted by Crippen LogP contribution is 2.68. The summed E-state index contributed by atoms with van der Waals surface area (Å²) in [5, 5.41) is 0. The molecule has 32 heavy (non-hydrogen) atoms. The number of carbonyl (C=O) groups excluding carboxylic acids is 2. The summed E-state index contributed by atoms with van der Waals surface area (Å²) in [6, 6.07) is 0. The minimum Gasteiger partial charge on any atom is -0.462 e. The fourth-order valence-corrected chi connectivity index (χ4v) is 11.4. The Hall–Kier alpha value is -0.120. The van der Waals surface area contributed by atoms with Crippen molar-refractivity contribution in [1.29, 1.82) is 0 Å². The van der Waals surface area contributed by atoms with E-state index in [1.807, 2.05) is 0 Å². The number of carbonyl (C=O) groups is 2. The third-order valence-corrected chi connectivity index (χ3v) is 12.8. The van der Waals surface area contributed by atoms with Gasteiger partial charge in [0.05, 0.1) is 11.8 Å². The van der Waals surface area contributed by atoms with Crippen LogP contribution in [0.25, 0.3) is 0 Å². The molecule has 0 amide bonds. The number of rotatable bonds is 0. The van der Waals surface area contributed by atoms with E-state index < -0.39 is 0 Å². The molecule has 4 saturated carbocycles. The Morgan fingerprint density at radius 2 is 1.00 bits per heavy atom. The van der Waals surface area contributed by atoms with Gasteiger partial charge in [-0.15, -0.1) is 0 Å². The SMILES string of the molecule is O=C1O[C@@H]2C[C@H]1C1C=CC([C@@H](I)C2)C12CC2.O=C1O[C@H]2C[C@@H](I)C3C=CC([C@@H]1C2)C31CC1. The standard InChI is InChI=1S/2C13H15IO2/c2*14-11-6-7-5-8(12(15)16-7)9-1-2-10(11)13(9)3-4-13/h2*1-2,7-11H,3-6H2/t7-,8+,9?,10?,11+;7-,8+,9?,10?,11-/m11/s1. The molecule has 8 aliphatic rings. The van der Waals surface area contributed by atoms with Crippen molar-refractivity contribution < 1.29 is 19.1 Å². The second kappa shape index (κ2) is 7.20. The molecule has 6 aliphatic carbocycles. The van der Waals surface area contributed by atoms with Crippen molar-refractivity contribution in [2.75, 3.05) is 0 Å². The van der Waals surface area contributed by atoms with Crippen LogP contribution in [0.3, 0.4) is 0 Å². The first kappa shape index (κ1) is 21.2. The maximum absolute atomic E-state index is 11.9. The number of halogens is 2. The first-order chi connectivity index (χ1) is 15.4. The zero-order chi connectivity index (χ0) is 21.8. The van der Waals surface area contributed by atoms with Gasteiger partial charge in [0.1, 0.15) is 12.2 Å². The van der Waals surface area contributed by atoms with Crippen molar-refractivity contribution in [2.45, 2.75) is 71.4 Å². The molecule has 0 N–H and O–H groups in total. The molecule has 2 heterocycles. The van der Waals surface area contributed by atoms with Crippen LogP contribution in [0, 0.1) is 46.3 Å². The van der Waals surface area contributed by atoms with Gasteiger partial charge >= 0.3 is 11.9 Å². The molecule has 0 aromatic carbocycles. The number of ether oxygens (including phenoxy) is 2. The number of fused-ring (bicyclic) bond motifs is 6. The summed E-state index contributed by atoms with van der Waals surface area (Å²) < 4.78 is 12.3. The van der Waals surface area contributed by atoms with Crippen molar-refractivity contribution in [3.05, 3.63) is 24.3 Å². The fraction of sp³-hybridized carbons (Fsp3) is 0.769. The van der Waals surface area contributed by atoms with Crippen LogP contribution in [0.4, 0.5) is 0 Å². The first-order valence-electron chi connectivity index (χ1n) is 12.5. The van der Waals surface area contributed by atoms with Gasteiger partial charge in [-0.3, -0.25) is 9.59 Å². The number of hydrogen-bond donors (Lipinski definition) is 0. The second-order valence-corrected chi connectivity index (χ2v) is 14.8. The van der Waals surface area contributed by atoms with Crippen molar-refractivity contribution in [2.24, 2.45) is 46.3 Å². The minimum atomic E-state index is 0.0806. The van der Waals surface area contributed by atoms with Gasteiger partial charge in [0, 0.05) is 7.85 Å². The summed E-state index contributed by atoms with van der Waals surface area (Å²) in [7, 11) is 0. The molecular weight excluding hydrogens is 630 g/mol. The molecule has 0 radical (unpaired) electrons. The quantitative estimate of drug-likeness (QED) is 0.151. The van der Waals surface area contributed by atoms with E-state index in [-0.39, 0.29) is 36.0 Å². The molecule has 8 rings (SSSR count). The Morgan fingerprint density at radius 3 is 1.38 bits per heavy atom. The van der Waals surface area contributed by atoms with Crippen LogP contribution in [0.2, 0.25) is 0 Å². The van der Waals surface area contributed by atoms with Gasteiger partial charge < -0.3 is 9.47 Å². The average molecular weight is 660 g/mol. The maximum atomic E-state index is 11.9. The van der Waals surface area contributed by atoms with Gasteiger partial charge in [0.15, 0.2) is 0 Å². The van der Waals surface area contributed by atoms with Crippen molar-refractivity contribution >= 4 is 57.1 Å².